The third kappa shape index (κ3) is 3.66. The van der Waals surface area contributed by atoms with Crippen LogP contribution in [0.5, 0.6) is 0 Å². The SMILES string of the molecule is C/C(=N\NC(=O)c1cc(-c2cccc3ccccc23)n[nH]1)c1ccc(Cl)cc1. The van der Waals surface area contributed by atoms with Crippen molar-refractivity contribution < 1.29 is 4.79 Å². The zero-order valence-electron chi connectivity index (χ0n) is 15.1. The van der Waals surface area contributed by atoms with Gasteiger partial charge < -0.3 is 0 Å². The number of nitrogens with zero attached hydrogens (tertiary/aromatic N) is 2. The summed E-state index contributed by atoms with van der Waals surface area (Å²) in [6, 6.07) is 23.1. The molecule has 1 aromatic heterocycles. The van der Waals surface area contributed by atoms with Gasteiger partial charge in [-0.25, -0.2) is 5.43 Å². The zero-order valence-corrected chi connectivity index (χ0v) is 15.9. The minimum absolute atomic E-state index is 0.343. The lowest BCUT2D eigenvalue weighted by Crippen LogP contribution is -2.19. The predicted molar refractivity (Wildman–Crippen MR) is 113 cm³/mol. The lowest BCUT2D eigenvalue weighted by Gasteiger charge is -2.03. The smallest absolute Gasteiger partial charge is 0.272 e. The molecule has 0 aliphatic heterocycles. The number of nitrogens with one attached hydrogen (secondary N) is 2. The molecule has 28 heavy (non-hydrogen) atoms. The molecule has 0 saturated heterocycles. The summed E-state index contributed by atoms with van der Waals surface area (Å²) in [6.07, 6.45) is 0. The highest BCUT2D eigenvalue weighted by molar-refractivity contribution is 6.30. The van der Waals surface area contributed by atoms with E-state index in [1.807, 2.05) is 61.5 Å². The lowest BCUT2D eigenvalue weighted by molar-refractivity contribution is 0.0950. The van der Waals surface area contributed by atoms with E-state index < -0.39 is 0 Å². The van der Waals surface area contributed by atoms with Crippen molar-refractivity contribution in [1.82, 2.24) is 15.6 Å². The van der Waals surface area contributed by atoms with Crippen LogP contribution in [0.4, 0.5) is 0 Å². The molecule has 2 N–H and O–H groups in total. The average Bonchev–Trinajstić information content (AvgIpc) is 3.22. The Morgan fingerprint density at radius 1 is 1.04 bits per heavy atom. The van der Waals surface area contributed by atoms with Crippen LogP contribution in [0.25, 0.3) is 22.0 Å². The number of rotatable bonds is 4. The fourth-order valence-corrected chi connectivity index (χ4v) is 3.10. The average molecular weight is 389 g/mol. The van der Waals surface area contributed by atoms with E-state index >= 15 is 0 Å². The van der Waals surface area contributed by atoms with Gasteiger partial charge in [0, 0.05) is 10.6 Å². The first-order chi connectivity index (χ1) is 13.6. The largest absolute Gasteiger partial charge is 0.289 e. The van der Waals surface area contributed by atoms with Crippen molar-refractivity contribution in [2.75, 3.05) is 0 Å². The van der Waals surface area contributed by atoms with Gasteiger partial charge in [0.15, 0.2) is 0 Å². The van der Waals surface area contributed by atoms with Crippen LogP contribution < -0.4 is 5.43 Å². The summed E-state index contributed by atoms with van der Waals surface area (Å²) < 4.78 is 0. The summed E-state index contributed by atoms with van der Waals surface area (Å²) in [5.74, 6) is -0.354. The topological polar surface area (TPSA) is 70.1 Å². The number of benzene rings is 3. The number of halogens is 1. The van der Waals surface area contributed by atoms with Gasteiger partial charge in [-0.3, -0.25) is 9.89 Å². The molecule has 3 aromatic carbocycles. The number of H-pyrrole nitrogens is 1. The van der Waals surface area contributed by atoms with Crippen molar-refractivity contribution in [3.05, 3.63) is 89.1 Å². The number of aromatic nitrogens is 2. The standard InChI is InChI=1S/C22H17ClN4O/c1-14(15-9-11-17(23)12-10-15)24-27-22(28)21-13-20(25-26-21)19-8-4-6-16-5-2-3-7-18(16)19/h2-13H,1H3,(H,25,26)(H,27,28)/b24-14+. The quantitative estimate of drug-likeness (QED) is 0.380. The molecule has 6 heteroatoms. The van der Waals surface area contributed by atoms with Crippen LogP contribution in [0, 0.1) is 0 Å². The number of hydrogen-bond acceptors (Lipinski definition) is 3. The van der Waals surface area contributed by atoms with Crippen LogP contribution in [0.1, 0.15) is 23.0 Å². The Morgan fingerprint density at radius 2 is 1.79 bits per heavy atom. The van der Waals surface area contributed by atoms with E-state index in [-0.39, 0.29) is 5.91 Å². The van der Waals surface area contributed by atoms with E-state index in [4.69, 9.17) is 11.6 Å². The maximum absolute atomic E-state index is 12.4. The van der Waals surface area contributed by atoms with Gasteiger partial charge >= 0.3 is 0 Å². The molecule has 0 saturated carbocycles. The minimum atomic E-state index is -0.354. The number of fused-ring (bicyclic) bond motifs is 1. The van der Waals surface area contributed by atoms with Crippen molar-refractivity contribution in [1.29, 1.82) is 0 Å². The highest BCUT2D eigenvalue weighted by atomic mass is 35.5. The molecule has 0 spiro atoms. The van der Waals surface area contributed by atoms with Crippen LogP contribution in [0.3, 0.4) is 0 Å². The zero-order chi connectivity index (χ0) is 19.5. The number of carbonyl (C=O) groups excluding carboxylic acids is 1. The maximum atomic E-state index is 12.4. The maximum Gasteiger partial charge on any atom is 0.289 e. The Morgan fingerprint density at radius 3 is 2.61 bits per heavy atom. The first-order valence-electron chi connectivity index (χ1n) is 8.76. The molecule has 0 bridgehead atoms. The number of hydrazone groups is 1. The van der Waals surface area contributed by atoms with Gasteiger partial charge in [0.05, 0.1) is 11.4 Å². The van der Waals surface area contributed by atoms with Gasteiger partial charge in [-0.2, -0.15) is 10.2 Å². The number of hydrogen-bond donors (Lipinski definition) is 2. The Bertz CT molecular complexity index is 1170. The lowest BCUT2D eigenvalue weighted by atomic mass is 10.0. The van der Waals surface area contributed by atoms with Gasteiger partial charge in [0.25, 0.3) is 5.91 Å². The second-order valence-electron chi connectivity index (χ2n) is 6.34. The molecule has 0 aliphatic carbocycles. The van der Waals surface area contributed by atoms with Gasteiger partial charge in [0.2, 0.25) is 0 Å². The molecule has 5 nitrogen and oxygen atoms in total. The predicted octanol–water partition coefficient (Wildman–Crippen LogP) is 5.04. The molecule has 4 rings (SSSR count). The van der Waals surface area contributed by atoms with Crippen LogP contribution in [0.15, 0.2) is 77.9 Å². The van der Waals surface area contributed by atoms with E-state index in [0.29, 0.717) is 22.1 Å². The normalized spacial score (nSPS) is 11.6. The molecule has 1 amide bonds. The second kappa shape index (κ2) is 7.66. The molecule has 0 fully saturated rings. The van der Waals surface area contributed by atoms with E-state index in [1.54, 1.807) is 18.2 Å². The van der Waals surface area contributed by atoms with E-state index in [0.717, 1.165) is 21.9 Å². The summed E-state index contributed by atoms with van der Waals surface area (Å²) in [5, 5.41) is 14.1. The summed E-state index contributed by atoms with van der Waals surface area (Å²) >= 11 is 5.89. The van der Waals surface area contributed by atoms with Gasteiger partial charge in [-0.15, -0.1) is 0 Å². The number of carbonyl (C=O) groups is 1. The number of aromatic amines is 1. The highest BCUT2D eigenvalue weighted by Crippen LogP contribution is 2.27. The van der Waals surface area contributed by atoms with Crippen molar-refractivity contribution in [3.63, 3.8) is 0 Å². The van der Waals surface area contributed by atoms with E-state index in [2.05, 4.69) is 20.7 Å². The Kier molecular flexibility index (Phi) is 4.91. The van der Waals surface area contributed by atoms with Gasteiger partial charge in [-0.1, -0.05) is 66.2 Å². The Balaban J connectivity index is 1.54. The summed E-state index contributed by atoms with van der Waals surface area (Å²) in [5.41, 5.74) is 6.14. The Hall–Kier alpha value is -3.44. The second-order valence-corrected chi connectivity index (χ2v) is 6.78. The first-order valence-corrected chi connectivity index (χ1v) is 9.14. The van der Waals surface area contributed by atoms with Crippen LogP contribution in [0.2, 0.25) is 5.02 Å². The minimum Gasteiger partial charge on any atom is -0.272 e. The fourth-order valence-electron chi connectivity index (χ4n) is 2.98. The van der Waals surface area contributed by atoms with Gasteiger partial charge in [0.1, 0.15) is 5.69 Å². The van der Waals surface area contributed by atoms with Crippen LogP contribution >= 0.6 is 11.6 Å². The molecule has 0 radical (unpaired) electrons. The summed E-state index contributed by atoms with van der Waals surface area (Å²) in [6.45, 7) is 1.82. The third-order valence-electron chi connectivity index (χ3n) is 4.48. The molecule has 138 valence electrons. The van der Waals surface area contributed by atoms with E-state index in [1.165, 1.54) is 0 Å². The molecule has 4 aromatic rings. The first kappa shape index (κ1) is 17.9. The fraction of sp³-hybridized carbons (Fsp3) is 0.0455. The van der Waals surface area contributed by atoms with Crippen molar-refractivity contribution in [2.45, 2.75) is 6.92 Å². The third-order valence-corrected chi connectivity index (χ3v) is 4.73. The molecule has 0 unspecified atom stereocenters. The Labute approximate surface area is 167 Å². The molecular weight excluding hydrogens is 372 g/mol. The molecule has 0 atom stereocenters. The van der Waals surface area contributed by atoms with Crippen molar-refractivity contribution in [2.24, 2.45) is 5.10 Å². The highest BCUT2D eigenvalue weighted by Gasteiger charge is 2.12. The van der Waals surface area contributed by atoms with E-state index in [9.17, 15) is 4.79 Å². The summed E-state index contributed by atoms with van der Waals surface area (Å²) in [7, 11) is 0. The monoisotopic (exact) mass is 388 g/mol. The summed E-state index contributed by atoms with van der Waals surface area (Å²) in [4.78, 5) is 12.4. The number of amides is 1. The van der Waals surface area contributed by atoms with Gasteiger partial charge in [-0.05, 0) is 41.5 Å². The van der Waals surface area contributed by atoms with Crippen molar-refractivity contribution in [3.8, 4) is 11.3 Å². The van der Waals surface area contributed by atoms with Crippen LogP contribution in [-0.2, 0) is 0 Å². The van der Waals surface area contributed by atoms with Crippen molar-refractivity contribution >= 4 is 34.0 Å². The molecule has 1 heterocycles. The molecule has 0 aliphatic rings. The van der Waals surface area contributed by atoms with Crippen LogP contribution in [-0.4, -0.2) is 21.8 Å². The molecular formula is C22H17ClN4O.